The Hall–Kier alpha value is 0.610. The third-order valence-corrected chi connectivity index (χ3v) is 2.82. The van der Waals surface area contributed by atoms with Gasteiger partial charge in [0.15, 0.2) is 0 Å². The molecule has 0 rings (SSSR count). The topological polar surface area (TPSA) is 30.5 Å². The normalized spacial score (nSPS) is 10.8. The lowest BCUT2D eigenvalue weighted by Crippen LogP contribution is -2.18. The van der Waals surface area contributed by atoms with Gasteiger partial charge in [-0.25, -0.2) is 0 Å². The SMILES string of the molecule is COCCOCCCNCCCCCI. The van der Waals surface area contributed by atoms with Gasteiger partial charge in [-0.05, 0) is 36.8 Å². The Bertz CT molecular complexity index is 103. The second kappa shape index (κ2) is 14.6. The maximum Gasteiger partial charge on any atom is 0.0700 e. The lowest BCUT2D eigenvalue weighted by molar-refractivity contribution is 0.0695. The van der Waals surface area contributed by atoms with Gasteiger partial charge in [-0.2, -0.15) is 0 Å². The zero-order valence-electron chi connectivity index (χ0n) is 9.77. The Balaban J connectivity index is 2.81. The van der Waals surface area contributed by atoms with Gasteiger partial charge in [0, 0.05) is 13.7 Å². The van der Waals surface area contributed by atoms with Gasteiger partial charge in [0.1, 0.15) is 0 Å². The fourth-order valence-electron chi connectivity index (χ4n) is 1.19. The highest BCUT2D eigenvalue weighted by Crippen LogP contribution is 1.97. The van der Waals surface area contributed by atoms with Crippen LogP contribution in [0.4, 0.5) is 0 Å². The van der Waals surface area contributed by atoms with Crippen molar-refractivity contribution in [3.05, 3.63) is 0 Å². The van der Waals surface area contributed by atoms with Gasteiger partial charge in [-0.3, -0.25) is 0 Å². The quantitative estimate of drug-likeness (QED) is 0.338. The van der Waals surface area contributed by atoms with E-state index in [2.05, 4.69) is 27.9 Å². The van der Waals surface area contributed by atoms with Crippen molar-refractivity contribution in [3.63, 3.8) is 0 Å². The molecule has 4 heteroatoms. The number of hydrogen-bond acceptors (Lipinski definition) is 3. The molecule has 0 atom stereocenters. The van der Waals surface area contributed by atoms with Crippen LogP contribution in [-0.2, 0) is 9.47 Å². The molecule has 0 aliphatic heterocycles. The molecular formula is C11H24INO2. The first-order valence-corrected chi connectivity index (χ1v) is 7.27. The monoisotopic (exact) mass is 329 g/mol. The summed E-state index contributed by atoms with van der Waals surface area (Å²) in [6.45, 7) is 4.46. The number of halogens is 1. The van der Waals surface area contributed by atoms with Crippen LogP contribution < -0.4 is 5.32 Å². The summed E-state index contributed by atoms with van der Waals surface area (Å²) in [5.74, 6) is 0. The van der Waals surface area contributed by atoms with E-state index in [1.807, 2.05) is 0 Å². The lowest BCUT2D eigenvalue weighted by Gasteiger charge is -2.05. The summed E-state index contributed by atoms with van der Waals surface area (Å²) in [5, 5.41) is 3.42. The average molecular weight is 329 g/mol. The predicted molar refractivity (Wildman–Crippen MR) is 72.9 cm³/mol. The van der Waals surface area contributed by atoms with Crippen LogP contribution in [0.25, 0.3) is 0 Å². The molecule has 0 aliphatic rings. The number of hydrogen-bond donors (Lipinski definition) is 1. The van der Waals surface area contributed by atoms with E-state index >= 15 is 0 Å². The molecule has 0 aromatic heterocycles. The maximum atomic E-state index is 5.35. The molecule has 0 saturated carbocycles. The van der Waals surface area contributed by atoms with Crippen molar-refractivity contribution in [2.75, 3.05) is 44.4 Å². The van der Waals surface area contributed by atoms with E-state index in [0.29, 0.717) is 13.2 Å². The Morgan fingerprint density at radius 1 is 0.933 bits per heavy atom. The van der Waals surface area contributed by atoms with Crippen molar-refractivity contribution < 1.29 is 9.47 Å². The van der Waals surface area contributed by atoms with Crippen LogP contribution in [0.5, 0.6) is 0 Å². The van der Waals surface area contributed by atoms with E-state index in [1.54, 1.807) is 7.11 Å². The van der Waals surface area contributed by atoms with E-state index < -0.39 is 0 Å². The zero-order valence-corrected chi connectivity index (χ0v) is 11.9. The number of methoxy groups -OCH3 is 1. The molecule has 0 bridgehead atoms. The van der Waals surface area contributed by atoms with Gasteiger partial charge in [-0.1, -0.05) is 29.0 Å². The number of ether oxygens (including phenoxy) is 2. The van der Waals surface area contributed by atoms with Crippen molar-refractivity contribution in [3.8, 4) is 0 Å². The highest BCUT2D eigenvalue weighted by atomic mass is 127. The van der Waals surface area contributed by atoms with E-state index in [-0.39, 0.29) is 0 Å². The Labute approximate surface area is 107 Å². The first-order chi connectivity index (χ1) is 7.41. The van der Waals surface area contributed by atoms with E-state index in [4.69, 9.17) is 9.47 Å². The third kappa shape index (κ3) is 14.6. The van der Waals surface area contributed by atoms with Crippen LogP contribution in [0.2, 0.25) is 0 Å². The molecule has 0 aliphatic carbocycles. The number of unbranched alkanes of at least 4 members (excludes halogenated alkanes) is 2. The molecule has 0 spiro atoms. The molecule has 92 valence electrons. The second-order valence-corrected chi connectivity index (χ2v) is 4.54. The third-order valence-electron chi connectivity index (χ3n) is 2.06. The largest absolute Gasteiger partial charge is 0.382 e. The summed E-state index contributed by atoms with van der Waals surface area (Å²) in [6.07, 6.45) is 5.09. The van der Waals surface area contributed by atoms with Crippen LogP contribution in [0.1, 0.15) is 25.7 Å². The predicted octanol–water partition coefficient (Wildman–Crippen LogP) is 2.23. The smallest absolute Gasteiger partial charge is 0.0700 e. The molecule has 0 fully saturated rings. The Morgan fingerprint density at radius 3 is 2.47 bits per heavy atom. The van der Waals surface area contributed by atoms with E-state index in [1.165, 1.54) is 23.7 Å². The molecule has 3 nitrogen and oxygen atoms in total. The van der Waals surface area contributed by atoms with Crippen LogP contribution in [0.15, 0.2) is 0 Å². The van der Waals surface area contributed by atoms with Crippen molar-refractivity contribution in [2.24, 2.45) is 0 Å². The average Bonchev–Trinajstić information content (AvgIpc) is 2.26. The van der Waals surface area contributed by atoms with E-state index in [9.17, 15) is 0 Å². The molecule has 0 aromatic carbocycles. The van der Waals surface area contributed by atoms with Crippen molar-refractivity contribution in [1.29, 1.82) is 0 Å². The van der Waals surface area contributed by atoms with Gasteiger partial charge < -0.3 is 14.8 Å². The Morgan fingerprint density at radius 2 is 1.73 bits per heavy atom. The van der Waals surface area contributed by atoms with Crippen LogP contribution in [0.3, 0.4) is 0 Å². The number of rotatable bonds is 12. The maximum absolute atomic E-state index is 5.35. The summed E-state index contributed by atoms with van der Waals surface area (Å²) in [4.78, 5) is 0. The van der Waals surface area contributed by atoms with Gasteiger partial charge in [0.05, 0.1) is 13.2 Å². The standard InChI is InChI=1S/C11H24INO2/c1-14-10-11-15-9-5-8-13-7-4-2-3-6-12/h13H,2-11H2,1H3. The molecule has 0 unspecified atom stereocenters. The fraction of sp³-hybridized carbons (Fsp3) is 1.00. The lowest BCUT2D eigenvalue weighted by atomic mass is 10.2. The second-order valence-electron chi connectivity index (χ2n) is 3.46. The summed E-state index contributed by atoms with van der Waals surface area (Å²) < 4.78 is 11.5. The summed E-state index contributed by atoms with van der Waals surface area (Å²) >= 11 is 2.43. The molecule has 0 amide bonds. The number of alkyl halides is 1. The van der Waals surface area contributed by atoms with Crippen molar-refractivity contribution in [1.82, 2.24) is 5.32 Å². The van der Waals surface area contributed by atoms with Gasteiger partial charge in [0.2, 0.25) is 0 Å². The first kappa shape index (κ1) is 15.6. The van der Waals surface area contributed by atoms with Crippen LogP contribution in [-0.4, -0.2) is 44.4 Å². The molecule has 0 heterocycles. The molecule has 15 heavy (non-hydrogen) atoms. The zero-order chi connectivity index (χ0) is 11.2. The Kier molecular flexibility index (Phi) is 15.2. The summed E-state index contributed by atoms with van der Waals surface area (Å²) in [7, 11) is 1.70. The number of nitrogens with one attached hydrogen (secondary N) is 1. The molecular weight excluding hydrogens is 305 g/mol. The first-order valence-electron chi connectivity index (χ1n) is 5.75. The minimum atomic E-state index is 0.698. The van der Waals surface area contributed by atoms with Crippen molar-refractivity contribution >= 4 is 22.6 Å². The summed E-state index contributed by atoms with van der Waals surface area (Å²) in [5.41, 5.74) is 0. The molecule has 0 aromatic rings. The molecule has 0 radical (unpaired) electrons. The minimum absolute atomic E-state index is 0.698. The highest BCUT2D eigenvalue weighted by molar-refractivity contribution is 14.1. The van der Waals surface area contributed by atoms with Crippen LogP contribution >= 0.6 is 22.6 Å². The molecule has 0 saturated heterocycles. The van der Waals surface area contributed by atoms with Crippen LogP contribution in [0, 0.1) is 0 Å². The van der Waals surface area contributed by atoms with E-state index in [0.717, 1.165) is 26.1 Å². The minimum Gasteiger partial charge on any atom is -0.382 e. The molecule has 1 N–H and O–H groups in total. The highest BCUT2D eigenvalue weighted by Gasteiger charge is 1.90. The fourth-order valence-corrected chi connectivity index (χ4v) is 1.73. The van der Waals surface area contributed by atoms with Crippen molar-refractivity contribution in [2.45, 2.75) is 25.7 Å². The summed E-state index contributed by atoms with van der Waals surface area (Å²) in [6, 6.07) is 0. The van der Waals surface area contributed by atoms with Gasteiger partial charge in [0.25, 0.3) is 0 Å². The van der Waals surface area contributed by atoms with Gasteiger partial charge >= 0.3 is 0 Å². The van der Waals surface area contributed by atoms with Gasteiger partial charge in [-0.15, -0.1) is 0 Å².